The smallest absolute Gasteiger partial charge is 0.0678 e. The summed E-state index contributed by atoms with van der Waals surface area (Å²) >= 11 is 0. The summed E-state index contributed by atoms with van der Waals surface area (Å²) in [7, 11) is 0. The number of rotatable bonds is 2. The Bertz CT molecular complexity index is 461. The van der Waals surface area contributed by atoms with Gasteiger partial charge in [-0.15, -0.1) is 24.8 Å². The maximum Gasteiger partial charge on any atom is 0.0678 e. The molecule has 1 aromatic heterocycles. The van der Waals surface area contributed by atoms with Crippen LogP contribution in [0.3, 0.4) is 0 Å². The van der Waals surface area contributed by atoms with Crippen LogP contribution >= 0.6 is 24.8 Å². The molecule has 2 saturated heterocycles. The van der Waals surface area contributed by atoms with Crippen molar-refractivity contribution in [2.75, 3.05) is 26.2 Å². The summed E-state index contributed by atoms with van der Waals surface area (Å²) < 4.78 is 0. The molecule has 3 heterocycles. The molecule has 22 heavy (non-hydrogen) atoms. The highest BCUT2D eigenvalue weighted by atomic mass is 35.5. The van der Waals surface area contributed by atoms with Crippen LogP contribution in [0.4, 0.5) is 0 Å². The molecule has 0 bridgehead atoms. The van der Waals surface area contributed by atoms with Gasteiger partial charge in [-0.2, -0.15) is 5.10 Å². The molecule has 6 heteroatoms. The fraction of sp³-hybridized carbons (Fsp3) is 0.812. The van der Waals surface area contributed by atoms with Crippen LogP contribution in [0.1, 0.15) is 51.4 Å². The molecule has 2 fully saturated rings. The second-order valence-electron chi connectivity index (χ2n) is 7.74. The Morgan fingerprint density at radius 1 is 1.18 bits per heavy atom. The highest BCUT2D eigenvalue weighted by Gasteiger charge is 2.38. The van der Waals surface area contributed by atoms with E-state index in [2.05, 4.69) is 47.3 Å². The Hall–Kier alpha value is -0.290. The lowest BCUT2D eigenvalue weighted by atomic mass is 9.78. The Kier molecular flexibility index (Phi) is 6.75. The molecule has 2 aliphatic heterocycles. The zero-order chi connectivity index (χ0) is 14.2. The molecule has 1 aromatic rings. The van der Waals surface area contributed by atoms with E-state index in [4.69, 9.17) is 0 Å². The van der Waals surface area contributed by atoms with Gasteiger partial charge in [0, 0.05) is 24.2 Å². The molecule has 2 N–H and O–H groups in total. The van der Waals surface area contributed by atoms with E-state index >= 15 is 0 Å². The first-order valence-corrected chi connectivity index (χ1v) is 7.95. The minimum atomic E-state index is 0. The minimum absolute atomic E-state index is 0. The largest absolute Gasteiger partial charge is 0.317 e. The van der Waals surface area contributed by atoms with E-state index < -0.39 is 0 Å². The molecule has 128 valence electrons. The zero-order valence-corrected chi connectivity index (χ0v) is 15.6. The van der Waals surface area contributed by atoms with Crippen LogP contribution in [-0.2, 0) is 12.0 Å². The van der Waals surface area contributed by atoms with Crippen molar-refractivity contribution in [1.29, 1.82) is 0 Å². The lowest BCUT2D eigenvalue weighted by Gasteiger charge is -2.33. The SMILES string of the molecule is CC(C)(C)c1cc(CN2CCC3(CCNCC3)C2)[nH]n1.Cl.Cl. The summed E-state index contributed by atoms with van der Waals surface area (Å²) in [6.07, 6.45) is 4.06. The Morgan fingerprint density at radius 2 is 1.86 bits per heavy atom. The van der Waals surface area contributed by atoms with Gasteiger partial charge in [-0.05, 0) is 50.4 Å². The fourth-order valence-corrected chi connectivity index (χ4v) is 3.60. The van der Waals surface area contributed by atoms with Gasteiger partial charge in [-0.1, -0.05) is 20.8 Å². The molecule has 0 atom stereocenters. The topological polar surface area (TPSA) is 44.0 Å². The standard InChI is InChI=1S/C16H28N4.2ClH/c1-15(2,3)14-10-13(18-19-14)11-20-9-6-16(12-20)4-7-17-8-5-16;;/h10,17H,4-9,11-12H2,1-3H3,(H,18,19);2*1H. The minimum Gasteiger partial charge on any atom is -0.317 e. The lowest BCUT2D eigenvalue weighted by molar-refractivity contribution is 0.193. The molecule has 0 unspecified atom stereocenters. The quantitative estimate of drug-likeness (QED) is 0.862. The van der Waals surface area contributed by atoms with Crippen molar-refractivity contribution >= 4 is 24.8 Å². The highest BCUT2D eigenvalue weighted by Crippen LogP contribution is 2.39. The maximum absolute atomic E-state index is 4.47. The molecule has 0 aromatic carbocycles. The van der Waals surface area contributed by atoms with Crippen molar-refractivity contribution < 1.29 is 0 Å². The van der Waals surface area contributed by atoms with Crippen molar-refractivity contribution in [1.82, 2.24) is 20.4 Å². The van der Waals surface area contributed by atoms with Crippen LogP contribution in [-0.4, -0.2) is 41.3 Å². The van der Waals surface area contributed by atoms with E-state index in [0.29, 0.717) is 5.41 Å². The van der Waals surface area contributed by atoms with Gasteiger partial charge in [0.15, 0.2) is 0 Å². The van der Waals surface area contributed by atoms with Crippen LogP contribution in [0.2, 0.25) is 0 Å². The van der Waals surface area contributed by atoms with Crippen molar-refractivity contribution in [2.24, 2.45) is 5.41 Å². The lowest BCUT2D eigenvalue weighted by Crippen LogP contribution is -2.38. The van der Waals surface area contributed by atoms with E-state index in [-0.39, 0.29) is 30.2 Å². The van der Waals surface area contributed by atoms with Crippen molar-refractivity contribution in [3.05, 3.63) is 17.5 Å². The van der Waals surface area contributed by atoms with Crippen LogP contribution in [0.5, 0.6) is 0 Å². The van der Waals surface area contributed by atoms with Gasteiger partial charge in [0.2, 0.25) is 0 Å². The molecule has 0 amide bonds. The van der Waals surface area contributed by atoms with Crippen LogP contribution < -0.4 is 5.32 Å². The Morgan fingerprint density at radius 3 is 2.45 bits per heavy atom. The Balaban J connectivity index is 0.00000121. The number of nitrogens with zero attached hydrogens (tertiary/aromatic N) is 2. The van der Waals surface area contributed by atoms with Crippen LogP contribution in [0, 0.1) is 5.41 Å². The van der Waals surface area contributed by atoms with Crippen molar-refractivity contribution in [2.45, 2.75) is 52.0 Å². The third-order valence-electron chi connectivity index (χ3n) is 4.97. The number of hydrogen-bond donors (Lipinski definition) is 2. The summed E-state index contributed by atoms with van der Waals surface area (Å²) in [6, 6.07) is 2.24. The molecule has 0 aliphatic carbocycles. The van der Waals surface area contributed by atoms with Gasteiger partial charge in [0.25, 0.3) is 0 Å². The molecule has 2 aliphatic rings. The summed E-state index contributed by atoms with van der Waals surface area (Å²) in [5, 5.41) is 11.2. The van der Waals surface area contributed by atoms with E-state index in [1.165, 1.54) is 56.8 Å². The first-order valence-electron chi connectivity index (χ1n) is 7.95. The zero-order valence-electron chi connectivity index (χ0n) is 13.9. The van der Waals surface area contributed by atoms with E-state index in [1.54, 1.807) is 0 Å². The molecule has 4 nitrogen and oxygen atoms in total. The summed E-state index contributed by atoms with van der Waals surface area (Å²) in [5.41, 5.74) is 3.16. The number of H-pyrrole nitrogens is 1. The maximum atomic E-state index is 4.47. The van der Waals surface area contributed by atoms with E-state index in [0.717, 1.165) is 6.54 Å². The Labute approximate surface area is 146 Å². The normalized spacial score (nSPS) is 21.4. The number of aromatic nitrogens is 2. The highest BCUT2D eigenvalue weighted by molar-refractivity contribution is 5.85. The van der Waals surface area contributed by atoms with E-state index in [9.17, 15) is 0 Å². The molecule has 3 rings (SSSR count). The number of halogens is 2. The number of likely N-dealkylation sites (tertiary alicyclic amines) is 1. The van der Waals surface area contributed by atoms with Crippen molar-refractivity contribution in [3.63, 3.8) is 0 Å². The predicted molar refractivity (Wildman–Crippen MR) is 96.2 cm³/mol. The average Bonchev–Trinajstić information content (AvgIpc) is 2.99. The number of hydrogen-bond acceptors (Lipinski definition) is 3. The molecule has 1 spiro atoms. The van der Waals surface area contributed by atoms with Gasteiger partial charge in [-0.25, -0.2) is 0 Å². The number of piperidine rings is 1. The first kappa shape index (κ1) is 19.8. The second kappa shape index (κ2) is 7.52. The number of nitrogens with one attached hydrogen (secondary N) is 2. The van der Waals surface area contributed by atoms with Crippen LogP contribution in [0.15, 0.2) is 6.07 Å². The molecular formula is C16H30Cl2N4. The van der Waals surface area contributed by atoms with E-state index in [1.807, 2.05) is 0 Å². The second-order valence-corrected chi connectivity index (χ2v) is 7.74. The van der Waals surface area contributed by atoms with Gasteiger partial charge in [-0.3, -0.25) is 10.00 Å². The van der Waals surface area contributed by atoms with Crippen LogP contribution in [0.25, 0.3) is 0 Å². The average molecular weight is 349 g/mol. The monoisotopic (exact) mass is 348 g/mol. The first-order chi connectivity index (χ1) is 9.47. The predicted octanol–water partition coefficient (Wildman–Crippen LogP) is 3.13. The van der Waals surface area contributed by atoms with Gasteiger partial charge in [0.1, 0.15) is 0 Å². The third-order valence-corrected chi connectivity index (χ3v) is 4.97. The molecular weight excluding hydrogens is 319 g/mol. The fourth-order valence-electron chi connectivity index (χ4n) is 3.60. The summed E-state index contributed by atoms with van der Waals surface area (Å²) in [6.45, 7) is 12.6. The summed E-state index contributed by atoms with van der Waals surface area (Å²) in [4.78, 5) is 2.60. The van der Waals surface area contributed by atoms with Gasteiger partial charge in [0.05, 0.1) is 5.69 Å². The molecule has 0 saturated carbocycles. The molecule has 0 radical (unpaired) electrons. The summed E-state index contributed by atoms with van der Waals surface area (Å²) in [5.74, 6) is 0. The third kappa shape index (κ3) is 4.38. The van der Waals surface area contributed by atoms with Gasteiger partial charge < -0.3 is 5.32 Å². The van der Waals surface area contributed by atoms with Crippen molar-refractivity contribution in [3.8, 4) is 0 Å². The number of aromatic amines is 1. The van der Waals surface area contributed by atoms with Gasteiger partial charge >= 0.3 is 0 Å².